The van der Waals surface area contributed by atoms with Gasteiger partial charge in [0.1, 0.15) is 6.61 Å². The van der Waals surface area contributed by atoms with Crippen LogP contribution in [0.2, 0.25) is 0 Å². The summed E-state index contributed by atoms with van der Waals surface area (Å²) in [5.41, 5.74) is 0.451. The van der Waals surface area contributed by atoms with Gasteiger partial charge < -0.3 is 9.84 Å². The van der Waals surface area contributed by atoms with Crippen molar-refractivity contribution in [3.8, 4) is 0 Å². The molecule has 0 bridgehead atoms. The third-order valence-corrected chi connectivity index (χ3v) is 2.39. The summed E-state index contributed by atoms with van der Waals surface area (Å²) in [6.45, 7) is 10.1. The zero-order valence-corrected chi connectivity index (χ0v) is 9.04. The van der Waals surface area contributed by atoms with Crippen LogP contribution in [0.5, 0.6) is 0 Å². The summed E-state index contributed by atoms with van der Waals surface area (Å²) in [4.78, 5) is 11.0. The molecule has 80 valence electrons. The first-order valence-electron chi connectivity index (χ1n) is 4.85. The molecule has 0 aliphatic carbocycles. The summed E-state index contributed by atoms with van der Waals surface area (Å²) in [6.07, 6.45) is 0.113. The lowest BCUT2D eigenvalue weighted by Gasteiger charge is -2.25. The maximum atomic E-state index is 11.0. The van der Waals surface area contributed by atoms with E-state index in [-0.39, 0.29) is 23.9 Å². The van der Waals surface area contributed by atoms with Crippen molar-refractivity contribution in [2.24, 2.45) is 11.3 Å². The van der Waals surface area contributed by atoms with Gasteiger partial charge in [-0.2, -0.15) is 0 Å². The molecule has 0 aromatic carbocycles. The summed E-state index contributed by atoms with van der Waals surface area (Å²) in [5, 5.41) is 9.88. The van der Waals surface area contributed by atoms with Gasteiger partial charge in [0.15, 0.2) is 0 Å². The van der Waals surface area contributed by atoms with E-state index in [2.05, 4.69) is 27.4 Å². The van der Waals surface area contributed by atoms with E-state index in [9.17, 15) is 9.90 Å². The predicted octanol–water partition coefficient (Wildman–Crippen LogP) is 1.51. The van der Waals surface area contributed by atoms with Crippen molar-refractivity contribution in [3.63, 3.8) is 0 Å². The monoisotopic (exact) mass is 198 g/mol. The van der Waals surface area contributed by atoms with E-state index in [1.807, 2.05) is 0 Å². The van der Waals surface area contributed by atoms with Crippen LogP contribution in [0.3, 0.4) is 0 Å². The molecule has 1 aliphatic heterocycles. The smallest absolute Gasteiger partial charge is 0.333 e. The molecule has 0 aromatic heterocycles. The fourth-order valence-electron chi connectivity index (χ4n) is 1.62. The Labute approximate surface area is 84.8 Å². The quantitative estimate of drug-likeness (QED) is 0.540. The van der Waals surface area contributed by atoms with E-state index in [1.165, 1.54) is 0 Å². The van der Waals surface area contributed by atoms with Crippen LogP contribution in [0.25, 0.3) is 0 Å². The Hall–Kier alpha value is -0.830. The van der Waals surface area contributed by atoms with Gasteiger partial charge in [0.2, 0.25) is 0 Å². The molecule has 0 amide bonds. The van der Waals surface area contributed by atoms with Gasteiger partial charge in [-0.25, -0.2) is 4.79 Å². The lowest BCUT2D eigenvalue weighted by atomic mass is 9.83. The number of esters is 1. The van der Waals surface area contributed by atoms with Gasteiger partial charge in [0.25, 0.3) is 0 Å². The number of hydrogen-bond donors (Lipinski definition) is 1. The lowest BCUT2D eigenvalue weighted by Crippen LogP contribution is -2.27. The highest BCUT2D eigenvalue weighted by atomic mass is 16.5. The molecule has 1 fully saturated rings. The minimum Gasteiger partial charge on any atom is -0.462 e. The zero-order valence-electron chi connectivity index (χ0n) is 9.04. The molecule has 3 nitrogen and oxygen atoms in total. The maximum Gasteiger partial charge on any atom is 0.333 e. The minimum atomic E-state index is -0.533. The topological polar surface area (TPSA) is 46.5 Å². The highest BCUT2D eigenvalue weighted by molar-refractivity contribution is 5.90. The molecular weight excluding hydrogens is 180 g/mol. The van der Waals surface area contributed by atoms with E-state index in [0.717, 1.165) is 0 Å². The molecule has 3 heteroatoms. The fraction of sp³-hybridized carbons (Fsp3) is 0.727. The Morgan fingerprint density at radius 3 is 2.57 bits per heavy atom. The third kappa shape index (κ3) is 2.58. The summed E-state index contributed by atoms with van der Waals surface area (Å²) >= 11 is 0. The molecule has 1 aliphatic rings. The van der Waals surface area contributed by atoms with Crippen molar-refractivity contribution >= 4 is 5.97 Å². The largest absolute Gasteiger partial charge is 0.462 e. The second-order valence-corrected chi connectivity index (χ2v) is 5.06. The van der Waals surface area contributed by atoms with Gasteiger partial charge in [-0.05, 0) is 11.8 Å². The molecule has 0 aromatic rings. The predicted molar refractivity (Wildman–Crippen MR) is 53.7 cm³/mol. The third-order valence-electron chi connectivity index (χ3n) is 2.39. The Kier molecular flexibility index (Phi) is 3.00. The van der Waals surface area contributed by atoms with Crippen LogP contribution >= 0.6 is 0 Å². The molecule has 1 N–H and O–H groups in total. The number of rotatable bonds is 2. The molecule has 0 spiro atoms. The Morgan fingerprint density at radius 2 is 2.21 bits per heavy atom. The van der Waals surface area contributed by atoms with Gasteiger partial charge >= 0.3 is 5.97 Å². The van der Waals surface area contributed by atoms with Crippen LogP contribution in [-0.2, 0) is 9.53 Å². The van der Waals surface area contributed by atoms with Crippen LogP contribution in [0.1, 0.15) is 27.2 Å². The average molecular weight is 198 g/mol. The summed E-state index contributed by atoms with van der Waals surface area (Å²) in [7, 11) is 0. The summed E-state index contributed by atoms with van der Waals surface area (Å²) in [6, 6.07) is 0. The molecule has 1 rings (SSSR count). The Morgan fingerprint density at radius 1 is 1.64 bits per heavy atom. The summed E-state index contributed by atoms with van der Waals surface area (Å²) < 4.78 is 4.81. The molecule has 14 heavy (non-hydrogen) atoms. The molecule has 0 radical (unpaired) electrons. The van der Waals surface area contributed by atoms with E-state index in [1.54, 1.807) is 0 Å². The zero-order chi connectivity index (χ0) is 10.9. The van der Waals surface area contributed by atoms with Crippen LogP contribution < -0.4 is 0 Å². The minimum absolute atomic E-state index is 0.0470. The van der Waals surface area contributed by atoms with Crippen molar-refractivity contribution in [2.75, 3.05) is 6.61 Å². The maximum absolute atomic E-state index is 11.0. The van der Waals surface area contributed by atoms with E-state index in [0.29, 0.717) is 12.0 Å². The van der Waals surface area contributed by atoms with Crippen molar-refractivity contribution in [1.29, 1.82) is 0 Å². The summed E-state index contributed by atoms with van der Waals surface area (Å²) in [5.74, 6) is -0.593. The lowest BCUT2D eigenvalue weighted by molar-refractivity contribution is -0.135. The van der Waals surface area contributed by atoms with Gasteiger partial charge in [-0.1, -0.05) is 27.4 Å². The average Bonchev–Trinajstić information content (AvgIpc) is 2.29. The van der Waals surface area contributed by atoms with E-state index in [4.69, 9.17) is 4.74 Å². The second-order valence-electron chi connectivity index (χ2n) is 5.06. The number of hydrogen-bond acceptors (Lipinski definition) is 3. The highest BCUT2D eigenvalue weighted by Crippen LogP contribution is 2.30. The van der Waals surface area contributed by atoms with Gasteiger partial charge in [-0.15, -0.1) is 0 Å². The number of cyclic esters (lactones) is 1. The van der Waals surface area contributed by atoms with Crippen LogP contribution in [0.4, 0.5) is 0 Å². The number of carbonyl (C=O) groups is 1. The molecule has 0 saturated carbocycles. The first-order valence-corrected chi connectivity index (χ1v) is 4.85. The van der Waals surface area contributed by atoms with Gasteiger partial charge in [-0.3, -0.25) is 0 Å². The standard InChI is InChI=1S/C11H18O3/c1-7-8(6-14-10(7)13)9(12)5-11(2,3)4/h8-9,12H,1,5-6H2,2-4H3. The van der Waals surface area contributed by atoms with Gasteiger partial charge in [0.05, 0.1) is 12.0 Å². The number of aliphatic hydroxyl groups is 1. The Balaban J connectivity index is 2.58. The molecule has 1 saturated heterocycles. The Bertz CT molecular complexity index is 250. The molecule has 2 unspecified atom stereocenters. The molecule has 1 heterocycles. The van der Waals surface area contributed by atoms with Crippen molar-refractivity contribution < 1.29 is 14.6 Å². The normalized spacial score (nSPS) is 25.0. The van der Waals surface area contributed by atoms with Crippen LogP contribution in [-0.4, -0.2) is 23.8 Å². The highest BCUT2D eigenvalue weighted by Gasteiger charge is 2.35. The van der Waals surface area contributed by atoms with E-state index < -0.39 is 6.10 Å². The number of aliphatic hydroxyl groups excluding tert-OH is 1. The van der Waals surface area contributed by atoms with Crippen molar-refractivity contribution in [3.05, 3.63) is 12.2 Å². The SMILES string of the molecule is C=C1C(=O)OCC1C(O)CC(C)(C)C. The molecule has 2 atom stereocenters. The van der Waals surface area contributed by atoms with E-state index >= 15 is 0 Å². The van der Waals surface area contributed by atoms with Gasteiger partial charge in [0, 0.05) is 5.57 Å². The van der Waals surface area contributed by atoms with Crippen molar-refractivity contribution in [2.45, 2.75) is 33.3 Å². The van der Waals surface area contributed by atoms with Crippen LogP contribution in [0, 0.1) is 11.3 Å². The van der Waals surface area contributed by atoms with Crippen LogP contribution in [0.15, 0.2) is 12.2 Å². The number of carbonyl (C=O) groups excluding carboxylic acids is 1. The first-order chi connectivity index (χ1) is 6.31. The second kappa shape index (κ2) is 3.73. The first kappa shape index (κ1) is 11.2. The fourth-order valence-corrected chi connectivity index (χ4v) is 1.62. The number of ether oxygens (including phenoxy) is 1. The molecular formula is C11H18O3. The van der Waals surface area contributed by atoms with Crippen molar-refractivity contribution in [1.82, 2.24) is 0 Å².